The van der Waals surface area contributed by atoms with Crippen LogP contribution in [0.2, 0.25) is 0 Å². The molecule has 0 radical (unpaired) electrons. The predicted molar refractivity (Wildman–Crippen MR) is 74.7 cm³/mol. The molecule has 0 saturated heterocycles. The number of nitrogens with zero attached hydrogens (tertiary/aromatic N) is 1. The number of para-hydroxylation sites is 1. The van der Waals surface area contributed by atoms with Crippen molar-refractivity contribution in [3.8, 4) is 0 Å². The van der Waals surface area contributed by atoms with E-state index in [0.717, 1.165) is 5.69 Å². The molecule has 4 nitrogen and oxygen atoms in total. The average molecular weight is 271 g/mol. The molecule has 0 unspecified atom stereocenters. The molecule has 0 saturated carbocycles. The van der Waals surface area contributed by atoms with Crippen LogP contribution in [-0.2, 0) is 9.84 Å². The maximum Gasteiger partial charge on any atom is 0.154 e. The van der Waals surface area contributed by atoms with Gasteiger partial charge in [0.15, 0.2) is 9.84 Å². The summed E-state index contributed by atoms with van der Waals surface area (Å²) in [4.78, 5) is 1.89. The fraction of sp³-hybridized carbons (Fsp3) is 0.538. The third kappa shape index (κ3) is 4.31. The zero-order valence-corrected chi connectivity index (χ0v) is 11.7. The van der Waals surface area contributed by atoms with Gasteiger partial charge in [0, 0.05) is 18.8 Å². The molecule has 0 aliphatic carbocycles. The molecule has 1 aromatic rings. The number of anilines is 1. The Balaban J connectivity index is 2.71. The maximum absolute atomic E-state index is 11.8. The standard InChI is InChI=1S/C13H21NO3S/c1-12(2)18(16,17)11-9-14(8-10-15)13-6-4-3-5-7-13/h3-7,12,15H,8-11H2,1-2H3. The van der Waals surface area contributed by atoms with Gasteiger partial charge in [-0.25, -0.2) is 8.42 Å². The van der Waals surface area contributed by atoms with E-state index in [0.29, 0.717) is 13.1 Å². The molecule has 5 heteroatoms. The Labute approximate surface area is 109 Å². The van der Waals surface area contributed by atoms with Crippen LogP contribution in [0.15, 0.2) is 30.3 Å². The topological polar surface area (TPSA) is 57.6 Å². The second-order valence-electron chi connectivity index (χ2n) is 4.46. The molecule has 1 rings (SSSR count). The fourth-order valence-electron chi connectivity index (χ4n) is 1.60. The number of aliphatic hydroxyl groups is 1. The second kappa shape index (κ2) is 6.75. The van der Waals surface area contributed by atoms with Gasteiger partial charge >= 0.3 is 0 Å². The molecule has 0 aliphatic heterocycles. The summed E-state index contributed by atoms with van der Waals surface area (Å²) in [5.41, 5.74) is 0.936. The second-order valence-corrected chi connectivity index (χ2v) is 7.14. The molecular weight excluding hydrogens is 250 g/mol. The van der Waals surface area contributed by atoms with Crippen molar-refractivity contribution in [2.24, 2.45) is 0 Å². The van der Waals surface area contributed by atoms with E-state index in [9.17, 15) is 8.42 Å². The lowest BCUT2D eigenvalue weighted by Gasteiger charge is -2.24. The molecule has 102 valence electrons. The number of sulfone groups is 1. The highest BCUT2D eigenvalue weighted by Crippen LogP contribution is 2.13. The average Bonchev–Trinajstić information content (AvgIpc) is 2.35. The van der Waals surface area contributed by atoms with Crippen LogP contribution in [0.25, 0.3) is 0 Å². The first-order valence-electron chi connectivity index (χ1n) is 6.10. The first-order valence-corrected chi connectivity index (χ1v) is 7.81. The van der Waals surface area contributed by atoms with Crippen molar-refractivity contribution >= 4 is 15.5 Å². The lowest BCUT2D eigenvalue weighted by molar-refractivity contribution is 0.302. The van der Waals surface area contributed by atoms with E-state index in [1.807, 2.05) is 35.2 Å². The largest absolute Gasteiger partial charge is 0.395 e. The fourth-order valence-corrected chi connectivity index (χ4v) is 2.55. The van der Waals surface area contributed by atoms with Crippen molar-refractivity contribution in [3.05, 3.63) is 30.3 Å². The minimum absolute atomic E-state index is 0.0105. The highest BCUT2D eigenvalue weighted by molar-refractivity contribution is 7.92. The van der Waals surface area contributed by atoms with Gasteiger partial charge in [0.1, 0.15) is 0 Å². The van der Waals surface area contributed by atoms with E-state index in [1.54, 1.807) is 13.8 Å². The van der Waals surface area contributed by atoms with Gasteiger partial charge in [-0.3, -0.25) is 0 Å². The van der Waals surface area contributed by atoms with E-state index in [2.05, 4.69) is 0 Å². The van der Waals surface area contributed by atoms with E-state index in [1.165, 1.54) is 0 Å². The SMILES string of the molecule is CC(C)S(=O)(=O)CCN(CCO)c1ccccc1. The summed E-state index contributed by atoms with van der Waals surface area (Å²) in [7, 11) is -3.04. The monoisotopic (exact) mass is 271 g/mol. The van der Waals surface area contributed by atoms with Gasteiger partial charge in [0.05, 0.1) is 17.6 Å². The molecule has 0 bridgehead atoms. The predicted octanol–water partition coefficient (Wildman–Crippen LogP) is 1.31. The number of benzene rings is 1. The summed E-state index contributed by atoms with van der Waals surface area (Å²) in [6.07, 6.45) is 0. The van der Waals surface area contributed by atoms with E-state index in [4.69, 9.17) is 5.11 Å². The molecule has 0 fully saturated rings. The van der Waals surface area contributed by atoms with Crippen LogP contribution in [0, 0.1) is 0 Å². The molecular formula is C13H21NO3S. The summed E-state index contributed by atoms with van der Waals surface area (Å²) in [5, 5.41) is 8.69. The highest BCUT2D eigenvalue weighted by atomic mass is 32.2. The first-order chi connectivity index (χ1) is 8.47. The van der Waals surface area contributed by atoms with Gasteiger partial charge in [-0.2, -0.15) is 0 Å². The highest BCUT2D eigenvalue weighted by Gasteiger charge is 2.17. The van der Waals surface area contributed by atoms with Crippen molar-refractivity contribution in [3.63, 3.8) is 0 Å². The Kier molecular flexibility index (Phi) is 5.62. The molecule has 0 heterocycles. The third-order valence-corrected chi connectivity index (χ3v) is 5.04. The van der Waals surface area contributed by atoms with Crippen molar-refractivity contribution in [2.75, 3.05) is 30.3 Å². The van der Waals surface area contributed by atoms with Crippen molar-refractivity contribution in [2.45, 2.75) is 19.1 Å². The third-order valence-electron chi connectivity index (χ3n) is 2.86. The molecule has 1 N–H and O–H groups in total. The van der Waals surface area contributed by atoms with Crippen molar-refractivity contribution in [1.82, 2.24) is 0 Å². The molecule has 1 aromatic carbocycles. The summed E-state index contributed by atoms with van der Waals surface area (Å²) in [6.45, 7) is 4.24. The van der Waals surface area contributed by atoms with Crippen LogP contribution in [-0.4, -0.2) is 44.2 Å². The summed E-state index contributed by atoms with van der Waals surface area (Å²) in [5.74, 6) is 0.111. The Morgan fingerprint density at radius 1 is 1.17 bits per heavy atom. The van der Waals surface area contributed by atoms with Crippen LogP contribution in [0.1, 0.15) is 13.8 Å². The Hall–Kier alpha value is -1.07. The summed E-state index contributed by atoms with van der Waals surface area (Å²) in [6, 6.07) is 9.54. The zero-order chi connectivity index (χ0) is 13.6. The van der Waals surface area contributed by atoms with Crippen LogP contribution in [0.5, 0.6) is 0 Å². The van der Waals surface area contributed by atoms with Crippen LogP contribution in [0.3, 0.4) is 0 Å². The van der Waals surface area contributed by atoms with Crippen molar-refractivity contribution in [1.29, 1.82) is 0 Å². The van der Waals surface area contributed by atoms with Gasteiger partial charge in [0.25, 0.3) is 0 Å². The number of hydrogen-bond acceptors (Lipinski definition) is 4. The Morgan fingerprint density at radius 3 is 2.28 bits per heavy atom. The quantitative estimate of drug-likeness (QED) is 0.812. The lowest BCUT2D eigenvalue weighted by Crippen LogP contribution is -2.33. The first kappa shape index (κ1) is 15.0. The van der Waals surface area contributed by atoms with Gasteiger partial charge in [-0.15, -0.1) is 0 Å². The van der Waals surface area contributed by atoms with E-state index >= 15 is 0 Å². The minimum Gasteiger partial charge on any atom is -0.395 e. The molecule has 18 heavy (non-hydrogen) atoms. The van der Waals surface area contributed by atoms with Crippen LogP contribution >= 0.6 is 0 Å². The molecule has 0 aliphatic rings. The van der Waals surface area contributed by atoms with Crippen LogP contribution in [0.4, 0.5) is 5.69 Å². The van der Waals surface area contributed by atoms with E-state index in [-0.39, 0.29) is 17.6 Å². The number of aliphatic hydroxyl groups excluding tert-OH is 1. The number of hydrogen-bond donors (Lipinski definition) is 1. The maximum atomic E-state index is 11.8. The van der Waals surface area contributed by atoms with Gasteiger partial charge < -0.3 is 10.0 Å². The van der Waals surface area contributed by atoms with Gasteiger partial charge in [0.2, 0.25) is 0 Å². The lowest BCUT2D eigenvalue weighted by atomic mass is 10.3. The molecule has 0 spiro atoms. The molecule has 0 aromatic heterocycles. The van der Waals surface area contributed by atoms with Crippen molar-refractivity contribution < 1.29 is 13.5 Å². The minimum atomic E-state index is -3.04. The summed E-state index contributed by atoms with van der Waals surface area (Å²) < 4.78 is 23.6. The smallest absolute Gasteiger partial charge is 0.154 e. The normalized spacial score (nSPS) is 11.8. The zero-order valence-electron chi connectivity index (χ0n) is 10.9. The van der Waals surface area contributed by atoms with Gasteiger partial charge in [-0.05, 0) is 26.0 Å². The molecule has 0 amide bonds. The van der Waals surface area contributed by atoms with E-state index < -0.39 is 9.84 Å². The Bertz CT molecular complexity index is 443. The Morgan fingerprint density at radius 2 is 1.78 bits per heavy atom. The summed E-state index contributed by atoms with van der Waals surface area (Å²) >= 11 is 0. The molecule has 0 atom stereocenters. The van der Waals surface area contributed by atoms with Crippen LogP contribution < -0.4 is 4.90 Å². The number of rotatable bonds is 7. The van der Waals surface area contributed by atoms with Gasteiger partial charge in [-0.1, -0.05) is 18.2 Å².